The van der Waals surface area contributed by atoms with Gasteiger partial charge in [-0.05, 0) is 41.5 Å². The SMILES string of the molecule is Cc1nc(CNC(C)CNC(=O)OC(C)(C)C)oc1C. The number of nitrogens with zero attached hydrogens (tertiary/aromatic N) is 1. The zero-order valence-electron chi connectivity index (χ0n) is 13.2. The monoisotopic (exact) mass is 283 g/mol. The number of carbonyl (C=O) groups is 1. The lowest BCUT2D eigenvalue weighted by Gasteiger charge is -2.21. The van der Waals surface area contributed by atoms with E-state index in [9.17, 15) is 4.79 Å². The zero-order chi connectivity index (χ0) is 15.3. The van der Waals surface area contributed by atoms with E-state index >= 15 is 0 Å². The van der Waals surface area contributed by atoms with Crippen LogP contribution in [0, 0.1) is 13.8 Å². The van der Waals surface area contributed by atoms with E-state index in [0.717, 1.165) is 11.5 Å². The minimum atomic E-state index is -0.478. The van der Waals surface area contributed by atoms with E-state index in [-0.39, 0.29) is 6.04 Å². The van der Waals surface area contributed by atoms with Crippen LogP contribution >= 0.6 is 0 Å². The Morgan fingerprint density at radius 3 is 2.55 bits per heavy atom. The summed E-state index contributed by atoms with van der Waals surface area (Å²) >= 11 is 0. The number of aryl methyl sites for hydroxylation is 2. The van der Waals surface area contributed by atoms with Crippen molar-refractivity contribution in [2.24, 2.45) is 0 Å². The van der Waals surface area contributed by atoms with Crippen molar-refractivity contribution in [3.8, 4) is 0 Å². The predicted molar refractivity (Wildman–Crippen MR) is 76.5 cm³/mol. The molecular weight excluding hydrogens is 258 g/mol. The Bertz CT molecular complexity index is 430. The fourth-order valence-corrected chi connectivity index (χ4v) is 1.50. The van der Waals surface area contributed by atoms with Gasteiger partial charge >= 0.3 is 6.09 Å². The summed E-state index contributed by atoms with van der Waals surface area (Å²) in [5.74, 6) is 1.49. The Labute approximate surface area is 120 Å². The summed E-state index contributed by atoms with van der Waals surface area (Å²) in [5.41, 5.74) is 0.426. The van der Waals surface area contributed by atoms with Crippen LogP contribution in [0.2, 0.25) is 0 Å². The van der Waals surface area contributed by atoms with Crippen molar-refractivity contribution in [3.05, 3.63) is 17.3 Å². The average molecular weight is 283 g/mol. The molecule has 1 aromatic rings. The lowest BCUT2D eigenvalue weighted by molar-refractivity contribution is 0.0523. The first kappa shape index (κ1) is 16.5. The molecule has 114 valence electrons. The van der Waals surface area contributed by atoms with Crippen LogP contribution in [-0.4, -0.2) is 29.3 Å². The Kier molecular flexibility index (Phi) is 5.56. The summed E-state index contributed by atoms with van der Waals surface area (Å²) in [6.07, 6.45) is -0.408. The van der Waals surface area contributed by atoms with Crippen LogP contribution < -0.4 is 10.6 Å². The summed E-state index contributed by atoms with van der Waals surface area (Å²) in [5, 5.41) is 5.95. The Morgan fingerprint density at radius 2 is 2.05 bits per heavy atom. The quantitative estimate of drug-likeness (QED) is 0.867. The summed E-state index contributed by atoms with van der Waals surface area (Å²) < 4.78 is 10.6. The normalized spacial score (nSPS) is 13.1. The van der Waals surface area contributed by atoms with Crippen molar-refractivity contribution in [3.63, 3.8) is 0 Å². The molecule has 0 spiro atoms. The van der Waals surface area contributed by atoms with Crippen molar-refractivity contribution in [1.82, 2.24) is 15.6 Å². The van der Waals surface area contributed by atoms with E-state index in [1.165, 1.54) is 0 Å². The molecule has 1 aromatic heterocycles. The molecule has 6 nitrogen and oxygen atoms in total. The maximum Gasteiger partial charge on any atom is 0.407 e. The van der Waals surface area contributed by atoms with Crippen LogP contribution in [0.5, 0.6) is 0 Å². The number of hydrogen-bond acceptors (Lipinski definition) is 5. The van der Waals surface area contributed by atoms with E-state index in [2.05, 4.69) is 15.6 Å². The molecule has 0 aliphatic carbocycles. The number of oxazole rings is 1. The molecule has 1 atom stereocenters. The van der Waals surface area contributed by atoms with Gasteiger partial charge in [-0.15, -0.1) is 0 Å². The minimum absolute atomic E-state index is 0.0926. The van der Waals surface area contributed by atoms with Crippen LogP contribution in [0.3, 0.4) is 0 Å². The van der Waals surface area contributed by atoms with Crippen LogP contribution in [-0.2, 0) is 11.3 Å². The molecule has 2 N–H and O–H groups in total. The van der Waals surface area contributed by atoms with Gasteiger partial charge < -0.3 is 19.8 Å². The number of hydrogen-bond donors (Lipinski definition) is 2. The fourth-order valence-electron chi connectivity index (χ4n) is 1.50. The summed E-state index contributed by atoms with van der Waals surface area (Å²) in [7, 11) is 0. The van der Waals surface area contributed by atoms with Gasteiger partial charge in [-0.1, -0.05) is 0 Å². The highest BCUT2D eigenvalue weighted by Gasteiger charge is 2.16. The molecule has 1 unspecified atom stereocenters. The molecule has 1 amide bonds. The number of amides is 1. The van der Waals surface area contributed by atoms with Gasteiger partial charge in [-0.3, -0.25) is 0 Å². The van der Waals surface area contributed by atoms with Crippen molar-refractivity contribution >= 4 is 6.09 Å². The average Bonchev–Trinajstić information content (AvgIpc) is 2.61. The van der Waals surface area contributed by atoms with Gasteiger partial charge in [-0.25, -0.2) is 9.78 Å². The topological polar surface area (TPSA) is 76.4 Å². The third-order valence-corrected chi connectivity index (χ3v) is 2.63. The molecule has 0 aliphatic rings. The lowest BCUT2D eigenvalue weighted by Crippen LogP contribution is -2.41. The zero-order valence-corrected chi connectivity index (χ0v) is 13.2. The maximum absolute atomic E-state index is 11.5. The standard InChI is InChI=1S/C14H25N3O3/c1-9(7-16-13(18)20-14(4,5)6)15-8-12-17-10(2)11(3)19-12/h9,15H,7-8H2,1-6H3,(H,16,18). The largest absolute Gasteiger partial charge is 0.444 e. The second-order valence-corrected chi connectivity index (χ2v) is 5.91. The lowest BCUT2D eigenvalue weighted by atomic mass is 10.2. The maximum atomic E-state index is 11.5. The number of rotatable bonds is 5. The summed E-state index contributed by atoms with van der Waals surface area (Å²) in [4.78, 5) is 15.8. The molecule has 0 saturated carbocycles. The Balaban J connectivity index is 2.27. The Hall–Kier alpha value is -1.56. The first-order valence-electron chi connectivity index (χ1n) is 6.80. The molecule has 20 heavy (non-hydrogen) atoms. The Morgan fingerprint density at radius 1 is 1.40 bits per heavy atom. The molecule has 0 aromatic carbocycles. The first-order valence-corrected chi connectivity index (χ1v) is 6.80. The van der Waals surface area contributed by atoms with Gasteiger partial charge in [0, 0.05) is 12.6 Å². The van der Waals surface area contributed by atoms with E-state index in [1.54, 1.807) is 0 Å². The molecule has 0 fully saturated rings. The number of nitrogens with one attached hydrogen (secondary N) is 2. The summed E-state index contributed by atoms with van der Waals surface area (Å²) in [6, 6.07) is 0.0926. The van der Waals surface area contributed by atoms with Crippen molar-refractivity contribution in [2.75, 3.05) is 6.54 Å². The molecule has 0 radical (unpaired) electrons. The van der Waals surface area contributed by atoms with Gasteiger partial charge in [0.1, 0.15) is 11.4 Å². The third-order valence-electron chi connectivity index (χ3n) is 2.63. The van der Waals surface area contributed by atoms with Crippen LogP contribution in [0.25, 0.3) is 0 Å². The van der Waals surface area contributed by atoms with Crippen molar-refractivity contribution in [1.29, 1.82) is 0 Å². The van der Waals surface area contributed by atoms with Crippen LogP contribution in [0.15, 0.2) is 4.42 Å². The first-order chi connectivity index (χ1) is 9.17. The molecule has 6 heteroatoms. The second kappa shape index (κ2) is 6.74. The van der Waals surface area contributed by atoms with E-state index < -0.39 is 11.7 Å². The van der Waals surface area contributed by atoms with Gasteiger partial charge in [0.25, 0.3) is 0 Å². The third kappa shape index (κ3) is 6.06. The second-order valence-electron chi connectivity index (χ2n) is 5.91. The van der Waals surface area contributed by atoms with Crippen molar-refractivity contribution < 1.29 is 13.9 Å². The molecule has 1 heterocycles. The van der Waals surface area contributed by atoms with E-state index in [1.807, 2.05) is 41.5 Å². The number of carbonyl (C=O) groups excluding carboxylic acids is 1. The van der Waals surface area contributed by atoms with Gasteiger partial charge in [0.2, 0.25) is 5.89 Å². The van der Waals surface area contributed by atoms with Crippen molar-refractivity contribution in [2.45, 2.75) is 59.7 Å². The molecule has 0 bridgehead atoms. The molecule has 0 saturated heterocycles. The van der Waals surface area contributed by atoms with E-state index in [4.69, 9.17) is 9.15 Å². The van der Waals surface area contributed by atoms with E-state index in [0.29, 0.717) is 19.0 Å². The van der Waals surface area contributed by atoms with Gasteiger partial charge in [0.05, 0.1) is 12.2 Å². The number of ether oxygens (including phenoxy) is 1. The molecule has 0 aliphatic heterocycles. The number of aromatic nitrogens is 1. The highest BCUT2D eigenvalue weighted by atomic mass is 16.6. The number of alkyl carbamates (subject to hydrolysis) is 1. The van der Waals surface area contributed by atoms with Crippen LogP contribution in [0.4, 0.5) is 4.79 Å². The highest BCUT2D eigenvalue weighted by molar-refractivity contribution is 5.67. The smallest absolute Gasteiger partial charge is 0.407 e. The fraction of sp³-hybridized carbons (Fsp3) is 0.714. The molecule has 1 rings (SSSR count). The highest BCUT2D eigenvalue weighted by Crippen LogP contribution is 2.08. The van der Waals surface area contributed by atoms with Gasteiger partial charge in [-0.2, -0.15) is 0 Å². The van der Waals surface area contributed by atoms with Gasteiger partial charge in [0.15, 0.2) is 0 Å². The molecular formula is C14H25N3O3. The minimum Gasteiger partial charge on any atom is -0.444 e. The summed E-state index contributed by atoms with van der Waals surface area (Å²) in [6.45, 7) is 12.3. The van der Waals surface area contributed by atoms with Crippen LogP contribution in [0.1, 0.15) is 45.0 Å². The predicted octanol–water partition coefficient (Wildman–Crippen LogP) is 2.29.